The summed E-state index contributed by atoms with van der Waals surface area (Å²) < 4.78 is 11.0. The van der Waals surface area contributed by atoms with Gasteiger partial charge in [0.2, 0.25) is 0 Å². The van der Waals surface area contributed by atoms with Crippen LogP contribution >= 0.6 is 11.6 Å². The van der Waals surface area contributed by atoms with E-state index in [9.17, 15) is 4.79 Å². The molecule has 0 bridgehead atoms. The fourth-order valence-corrected chi connectivity index (χ4v) is 4.35. The van der Waals surface area contributed by atoms with Crippen LogP contribution in [0, 0.1) is 6.92 Å². The van der Waals surface area contributed by atoms with Gasteiger partial charge in [0, 0.05) is 49.1 Å². The van der Waals surface area contributed by atoms with Gasteiger partial charge in [-0.3, -0.25) is 4.68 Å². The molecule has 0 spiro atoms. The van der Waals surface area contributed by atoms with Crippen molar-refractivity contribution in [2.75, 3.05) is 5.32 Å². The lowest BCUT2D eigenvalue weighted by Crippen LogP contribution is -2.27. The number of halogens is 1. The van der Waals surface area contributed by atoms with Crippen LogP contribution < -0.4 is 5.32 Å². The Balaban J connectivity index is 1.54. The van der Waals surface area contributed by atoms with Crippen molar-refractivity contribution in [3.05, 3.63) is 66.0 Å². The number of benzene rings is 1. The number of aromatic nitrogens is 6. The molecule has 0 aliphatic carbocycles. The molecule has 0 aliphatic rings. The van der Waals surface area contributed by atoms with Gasteiger partial charge in [-0.05, 0) is 45.9 Å². The van der Waals surface area contributed by atoms with Gasteiger partial charge in [-0.1, -0.05) is 17.7 Å². The number of hydrogen-bond donors (Lipinski definition) is 1. The predicted molar refractivity (Wildman–Crippen MR) is 145 cm³/mol. The molecule has 0 saturated carbocycles. The number of carbonyl (C=O) groups excluding carboxylic acids is 1. The van der Waals surface area contributed by atoms with Gasteiger partial charge in [-0.25, -0.2) is 19.3 Å². The Morgan fingerprint density at radius 3 is 2.41 bits per heavy atom. The zero-order valence-electron chi connectivity index (χ0n) is 21.6. The second-order valence-electron chi connectivity index (χ2n) is 9.95. The van der Waals surface area contributed by atoms with Crippen LogP contribution in [0.2, 0.25) is 5.02 Å². The van der Waals surface area contributed by atoms with E-state index in [1.54, 1.807) is 21.6 Å². The fraction of sp³-hybridized carbons (Fsp3) is 0.259. The minimum absolute atomic E-state index is 0.479. The molecule has 10 heteroatoms. The van der Waals surface area contributed by atoms with Gasteiger partial charge in [-0.2, -0.15) is 5.10 Å². The summed E-state index contributed by atoms with van der Waals surface area (Å²) in [5.41, 5.74) is 4.09. The summed E-state index contributed by atoms with van der Waals surface area (Å²) in [5, 5.41) is 8.88. The molecule has 9 nitrogen and oxygen atoms in total. The van der Waals surface area contributed by atoms with Crippen molar-refractivity contribution >= 4 is 40.1 Å². The van der Waals surface area contributed by atoms with Crippen LogP contribution in [0.1, 0.15) is 26.6 Å². The zero-order valence-corrected chi connectivity index (χ0v) is 22.3. The van der Waals surface area contributed by atoms with E-state index < -0.39 is 11.7 Å². The van der Waals surface area contributed by atoms with Crippen LogP contribution in [0.25, 0.3) is 33.4 Å². The molecule has 0 saturated heterocycles. The summed E-state index contributed by atoms with van der Waals surface area (Å²) in [6, 6.07) is 9.49. The first-order valence-electron chi connectivity index (χ1n) is 11.8. The number of imidazole rings is 1. The number of pyridine rings is 1. The van der Waals surface area contributed by atoms with Gasteiger partial charge in [0.25, 0.3) is 0 Å². The molecule has 0 fully saturated rings. The van der Waals surface area contributed by atoms with Crippen molar-refractivity contribution in [2.45, 2.75) is 33.3 Å². The van der Waals surface area contributed by atoms with E-state index in [1.165, 1.54) is 0 Å². The molecule has 1 aromatic carbocycles. The molecule has 190 valence electrons. The highest BCUT2D eigenvalue weighted by molar-refractivity contribution is 6.33. The minimum Gasteiger partial charge on any atom is -0.443 e. The molecule has 5 rings (SSSR count). The topological polar surface area (TPSA) is 91.8 Å². The van der Waals surface area contributed by atoms with Gasteiger partial charge in [0.15, 0.2) is 0 Å². The predicted octanol–water partition coefficient (Wildman–Crippen LogP) is 6.33. The Kier molecular flexibility index (Phi) is 6.03. The highest BCUT2D eigenvalue weighted by atomic mass is 35.5. The molecular formula is C27H28ClN7O2. The molecule has 0 amide bonds. The van der Waals surface area contributed by atoms with Gasteiger partial charge in [0.05, 0.1) is 40.0 Å². The van der Waals surface area contributed by atoms with E-state index in [-0.39, 0.29) is 0 Å². The third-order valence-electron chi connectivity index (χ3n) is 6.01. The van der Waals surface area contributed by atoms with Gasteiger partial charge in [0.1, 0.15) is 17.2 Å². The Morgan fingerprint density at radius 1 is 1.00 bits per heavy atom. The third-order valence-corrected chi connectivity index (χ3v) is 6.32. The number of hydrogen-bond acceptors (Lipinski definition) is 6. The maximum absolute atomic E-state index is 13.3. The number of fused-ring (bicyclic) bond motifs is 1. The molecule has 0 unspecified atom stereocenters. The van der Waals surface area contributed by atoms with Crippen LogP contribution in [-0.2, 0) is 18.8 Å². The number of nitrogens with one attached hydrogen (secondary N) is 1. The lowest BCUT2D eigenvalue weighted by molar-refractivity contribution is 0.0547. The van der Waals surface area contributed by atoms with E-state index >= 15 is 0 Å². The standard InChI is InChI=1S/C27H28ClN7O2/c1-16-29-14-24(34(16)6)17-7-8-21(20(28)9-17)32-25-11-23-18(12-30-25)10-22(19-13-31-33(5)15-19)35(23)26(36)37-27(2,3)4/h7-15H,1-6H3,(H,30,32). The lowest BCUT2D eigenvalue weighted by atomic mass is 10.1. The number of carbonyl (C=O) groups is 1. The third kappa shape index (κ3) is 4.82. The maximum Gasteiger partial charge on any atom is 0.419 e. The van der Waals surface area contributed by atoms with Gasteiger partial charge >= 0.3 is 6.09 Å². The first-order chi connectivity index (χ1) is 17.5. The maximum atomic E-state index is 13.3. The van der Waals surface area contributed by atoms with Crippen LogP contribution in [0.3, 0.4) is 0 Å². The molecule has 37 heavy (non-hydrogen) atoms. The quantitative estimate of drug-likeness (QED) is 0.299. The van der Waals surface area contributed by atoms with Crippen LogP contribution in [0.5, 0.6) is 0 Å². The first kappa shape index (κ1) is 24.6. The molecule has 0 aliphatic heterocycles. The second-order valence-corrected chi connectivity index (χ2v) is 10.4. The number of nitrogens with zero attached hydrogens (tertiary/aromatic N) is 6. The summed E-state index contributed by atoms with van der Waals surface area (Å²) >= 11 is 6.64. The summed E-state index contributed by atoms with van der Waals surface area (Å²) in [5.74, 6) is 1.46. The highest BCUT2D eigenvalue weighted by Gasteiger charge is 2.24. The number of aryl methyl sites for hydroxylation is 2. The molecule has 0 atom stereocenters. The fourth-order valence-electron chi connectivity index (χ4n) is 4.12. The minimum atomic E-state index is -0.657. The largest absolute Gasteiger partial charge is 0.443 e. The van der Waals surface area contributed by atoms with Crippen molar-refractivity contribution in [3.8, 4) is 22.5 Å². The first-order valence-corrected chi connectivity index (χ1v) is 12.2. The van der Waals surface area contributed by atoms with Crippen molar-refractivity contribution in [3.63, 3.8) is 0 Å². The van der Waals surface area contributed by atoms with E-state index in [2.05, 4.69) is 20.4 Å². The summed E-state index contributed by atoms with van der Waals surface area (Å²) in [7, 11) is 3.80. The number of ether oxygens (including phenoxy) is 1. The van der Waals surface area contributed by atoms with E-state index in [0.29, 0.717) is 27.7 Å². The van der Waals surface area contributed by atoms with Crippen molar-refractivity contribution in [1.29, 1.82) is 0 Å². The average Bonchev–Trinajstić information content (AvgIpc) is 3.51. The summed E-state index contributed by atoms with van der Waals surface area (Å²) in [6.07, 6.45) is 6.64. The second kappa shape index (κ2) is 9.08. The summed E-state index contributed by atoms with van der Waals surface area (Å²) in [6.45, 7) is 7.48. The van der Waals surface area contributed by atoms with Gasteiger partial charge < -0.3 is 14.6 Å². The lowest BCUT2D eigenvalue weighted by Gasteiger charge is -2.21. The normalized spacial score (nSPS) is 11.8. The molecule has 1 N–H and O–H groups in total. The Labute approximate surface area is 219 Å². The number of rotatable bonds is 4. The molecule has 0 radical (unpaired) electrons. The van der Waals surface area contributed by atoms with E-state index in [0.717, 1.165) is 28.0 Å². The highest BCUT2D eigenvalue weighted by Crippen LogP contribution is 2.33. The molecule has 4 heterocycles. The average molecular weight is 518 g/mol. The number of anilines is 2. The van der Waals surface area contributed by atoms with Crippen molar-refractivity contribution < 1.29 is 9.53 Å². The molecular weight excluding hydrogens is 490 g/mol. The van der Waals surface area contributed by atoms with E-state index in [1.807, 2.05) is 89.1 Å². The zero-order chi connectivity index (χ0) is 26.5. The van der Waals surface area contributed by atoms with Crippen LogP contribution in [0.15, 0.2) is 55.1 Å². The molecule has 5 aromatic rings. The van der Waals surface area contributed by atoms with Crippen LogP contribution in [-0.4, -0.2) is 40.6 Å². The Hall–Kier alpha value is -4.11. The van der Waals surface area contributed by atoms with Crippen molar-refractivity contribution in [2.24, 2.45) is 14.1 Å². The van der Waals surface area contributed by atoms with E-state index in [4.69, 9.17) is 16.3 Å². The summed E-state index contributed by atoms with van der Waals surface area (Å²) in [4.78, 5) is 22.2. The smallest absolute Gasteiger partial charge is 0.419 e. The molecule has 4 aromatic heterocycles. The monoisotopic (exact) mass is 517 g/mol. The van der Waals surface area contributed by atoms with Gasteiger partial charge in [-0.15, -0.1) is 0 Å². The SMILES string of the molecule is Cc1ncc(-c2ccc(Nc3cc4c(cn3)cc(-c3cnn(C)c3)n4C(=O)OC(C)(C)C)c(Cl)c2)n1C. The Morgan fingerprint density at radius 2 is 1.78 bits per heavy atom. The van der Waals surface area contributed by atoms with Crippen LogP contribution in [0.4, 0.5) is 16.3 Å². The Bertz CT molecular complexity index is 1640. The van der Waals surface area contributed by atoms with Crippen molar-refractivity contribution in [1.82, 2.24) is 28.9 Å².